The van der Waals surface area contributed by atoms with E-state index in [9.17, 15) is 18.0 Å². The monoisotopic (exact) mass is 511 g/mol. The van der Waals surface area contributed by atoms with Crippen LogP contribution in [0.15, 0.2) is 82.7 Å². The number of hydroxylamine groups is 1. The van der Waals surface area contributed by atoms with Gasteiger partial charge in [0.1, 0.15) is 16.9 Å². The van der Waals surface area contributed by atoms with Crippen LogP contribution in [0.2, 0.25) is 0 Å². The second-order valence-corrected chi connectivity index (χ2v) is 7.30. The van der Waals surface area contributed by atoms with Gasteiger partial charge < -0.3 is 19.6 Å². The number of carbonyl (C=O) groups excluding carboxylic acids is 1. The van der Waals surface area contributed by atoms with Gasteiger partial charge in [-0.05, 0) is 25.2 Å². The number of rotatable bonds is 9. The Hall–Kier alpha value is -3.44. The molecule has 190 valence electrons. The fraction of sp³-hybridized carbons (Fsp3) is 0.292. The summed E-state index contributed by atoms with van der Waals surface area (Å²) >= 11 is 5.42. The summed E-state index contributed by atoms with van der Waals surface area (Å²) in [6.07, 6.45) is 4.80. The third-order valence-corrected chi connectivity index (χ3v) is 4.43. The number of halogens is 3. The topological polar surface area (TPSA) is 81.2 Å². The number of nitrogens with one attached hydrogen (secondary N) is 2. The van der Waals surface area contributed by atoms with Crippen LogP contribution in [-0.2, 0) is 19.1 Å². The summed E-state index contributed by atoms with van der Waals surface area (Å²) in [6, 6.07) is 9.75. The molecule has 35 heavy (non-hydrogen) atoms. The molecule has 0 saturated carbocycles. The Morgan fingerprint density at radius 3 is 2.49 bits per heavy atom. The Kier molecular flexibility index (Phi) is 13.1. The molecule has 1 aliphatic carbocycles. The van der Waals surface area contributed by atoms with Gasteiger partial charge in [0.2, 0.25) is 0 Å². The lowest BCUT2D eigenvalue weighted by atomic mass is 10.2. The molecule has 2 rings (SSSR count). The van der Waals surface area contributed by atoms with Crippen molar-refractivity contribution in [1.82, 2.24) is 10.8 Å². The molecule has 0 aromatic heterocycles. The van der Waals surface area contributed by atoms with Crippen LogP contribution in [0.3, 0.4) is 0 Å². The molecule has 1 aromatic carbocycles. The number of amidine groups is 1. The van der Waals surface area contributed by atoms with Crippen LogP contribution in [0.4, 0.5) is 13.2 Å². The molecule has 1 unspecified atom stereocenters. The highest BCUT2D eigenvalue weighted by atomic mass is 32.1. The van der Waals surface area contributed by atoms with Crippen molar-refractivity contribution in [1.29, 1.82) is 0 Å². The van der Waals surface area contributed by atoms with E-state index in [0.29, 0.717) is 28.8 Å². The number of hydrogen-bond acceptors (Lipinski definition) is 6. The van der Waals surface area contributed by atoms with E-state index < -0.39 is 6.18 Å². The van der Waals surface area contributed by atoms with Crippen molar-refractivity contribution in [3.05, 3.63) is 83.3 Å². The van der Waals surface area contributed by atoms with Crippen LogP contribution >= 0.6 is 12.2 Å². The highest BCUT2D eigenvalue weighted by Crippen LogP contribution is 2.17. The molecule has 0 amide bonds. The highest BCUT2D eigenvalue weighted by Gasteiger charge is 2.17. The molecular weight excluding hydrogens is 483 g/mol. The lowest BCUT2D eigenvalue weighted by molar-refractivity contribution is -0.132. The number of aliphatic imine (C=N–C) groups is 1. The number of ether oxygens (including phenoxy) is 2. The second-order valence-electron chi connectivity index (χ2n) is 6.89. The molecule has 0 heterocycles. The average molecular weight is 512 g/mol. The van der Waals surface area contributed by atoms with Gasteiger partial charge in [-0.2, -0.15) is 13.2 Å². The minimum Gasteiger partial charge on any atom is -0.498 e. The SMILES string of the molecule is CC(F)(F)F.CN=C(NOC=O)C1=CC=CC(OC/C=C(\C)NC(=S)c2ccccc2)C(OC)=C1. The Morgan fingerprint density at radius 2 is 1.91 bits per heavy atom. The summed E-state index contributed by atoms with van der Waals surface area (Å²) in [4.78, 5) is 19.7. The molecule has 1 aliphatic rings. The van der Waals surface area contributed by atoms with Crippen LogP contribution in [0.25, 0.3) is 0 Å². The standard InChI is InChI=1S/C22H25N3O4S.C2H3F3/c1-16(24-22(30)17-8-5-4-6-9-17)12-13-28-19-11-7-10-18(14-20(19)27-3)21(23-2)25-29-15-26;1-2(3,4)5/h4-12,14-15,19H,13H2,1-3H3,(H,23,25)(H,24,30);1H3/b16-12+;. The normalized spacial score (nSPS) is 16.0. The van der Waals surface area contributed by atoms with E-state index in [0.717, 1.165) is 11.3 Å². The molecule has 0 saturated heterocycles. The lowest BCUT2D eigenvalue weighted by Gasteiger charge is -2.16. The summed E-state index contributed by atoms with van der Waals surface area (Å²) in [7, 11) is 3.15. The summed E-state index contributed by atoms with van der Waals surface area (Å²) in [5, 5.41) is 3.19. The Labute approximate surface area is 208 Å². The van der Waals surface area contributed by atoms with Crippen molar-refractivity contribution < 1.29 is 32.3 Å². The number of carbonyl (C=O) groups is 1. The highest BCUT2D eigenvalue weighted by molar-refractivity contribution is 7.80. The van der Waals surface area contributed by atoms with Gasteiger partial charge >= 0.3 is 12.6 Å². The Morgan fingerprint density at radius 1 is 1.26 bits per heavy atom. The molecule has 7 nitrogen and oxygen atoms in total. The summed E-state index contributed by atoms with van der Waals surface area (Å²) in [5.41, 5.74) is 5.00. The van der Waals surface area contributed by atoms with Crippen molar-refractivity contribution in [3.63, 3.8) is 0 Å². The first-order chi connectivity index (χ1) is 16.6. The molecule has 0 aliphatic heterocycles. The fourth-order valence-corrected chi connectivity index (χ4v) is 2.88. The predicted molar refractivity (Wildman–Crippen MR) is 132 cm³/mol. The van der Waals surface area contributed by atoms with Crippen LogP contribution in [0.1, 0.15) is 19.4 Å². The van der Waals surface area contributed by atoms with Gasteiger partial charge in [0.15, 0.2) is 5.84 Å². The Balaban J connectivity index is 0.00000111. The van der Waals surface area contributed by atoms with E-state index in [1.807, 2.05) is 61.6 Å². The van der Waals surface area contributed by atoms with Crippen LogP contribution in [0.5, 0.6) is 0 Å². The number of allylic oxidation sites excluding steroid dienone is 3. The average Bonchev–Trinajstić information content (AvgIpc) is 3.01. The molecule has 0 fully saturated rings. The van der Waals surface area contributed by atoms with Crippen molar-refractivity contribution >= 4 is 29.5 Å². The molecule has 0 spiro atoms. The number of thiocarbonyl (C=S) groups is 1. The molecule has 1 atom stereocenters. The van der Waals surface area contributed by atoms with Gasteiger partial charge in [-0.3, -0.25) is 9.79 Å². The quantitative estimate of drug-likeness (QED) is 0.166. The smallest absolute Gasteiger partial charge is 0.386 e. The fourth-order valence-electron chi connectivity index (χ4n) is 2.58. The number of hydrogen-bond donors (Lipinski definition) is 2. The predicted octanol–water partition coefficient (Wildman–Crippen LogP) is 4.54. The lowest BCUT2D eigenvalue weighted by Crippen LogP contribution is -2.25. The maximum atomic E-state index is 10.4. The van der Waals surface area contributed by atoms with Crippen LogP contribution < -0.4 is 10.8 Å². The van der Waals surface area contributed by atoms with Crippen LogP contribution in [0, 0.1) is 0 Å². The van der Waals surface area contributed by atoms with Gasteiger partial charge in [-0.15, -0.1) is 0 Å². The van der Waals surface area contributed by atoms with Crippen molar-refractivity contribution in [3.8, 4) is 0 Å². The summed E-state index contributed by atoms with van der Waals surface area (Å²) < 4.78 is 42.5. The van der Waals surface area contributed by atoms with E-state index >= 15 is 0 Å². The molecule has 1 aromatic rings. The van der Waals surface area contributed by atoms with Gasteiger partial charge in [-0.25, -0.2) is 5.48 Å². The van der Waals surface area contributed by atoms with Gasteiger partial charge in [-0.1, -0.05) is 54.7 Å². The largest absolute Gasteiger partial charge is 0.498 e. The van der Waals surface area contributed by atoms with E-state index in [-0.39, 0.29) is 19.5 Å². The zero-order chi connectivity index (χ0) is 26.3. The second kappa shape index (κ2) is 15.5. The maximum absolute atomic E-state index is 10.4. The number of nitrogens with zero attached hydrogens (tertiary/aromatic N) is 1. The zero-order valence-corrected chi connectivity index (χ0v) is 20.6. The van der Waals surface area contributed by atoms with Crippen molar-refractivity contribution in [2.75, 3.05) is 20.8 Å². The van der Waals surface area contributed by atoms with E-state index in [4.69, 9.17) is 21.7 Å². The van der Waals surface area contributed by atoms with Gasteiger partial charge in [0, 0.05) is 30.8 Å². The molecule has 0 bridgehead atoms. The maximum Gasteiger partial charge on any atom is 0.386 e. The van der Waals surface area contributed by atoms with E-state index in [1.165, 1.54) is 0 Å². The van der Waals surface area contributed by atoms with E-state index in [1.54, 1.807) is 20.2 Å². The van der Waals surface area contributed by atoms with Crippen LogP contribution in [-0.4, -0.2) is 50.3 Å². The zero-order valence-electron chi connectivity index (χ0n) is 19.8. The Bertz CT molecular complexity index is 981. The van der Waals surface area contributed by atoms with Gasteiger partial charge in [0.25, 0.3) is 0 Å². The number of alkyl halides is 3. The number of benzene rings is 1. The van der Waals surface area contributed by atoms with Crippen molar-refractivity contribution in [2.45, 2.75) is 26.1 Å². The van der Waals surface area contributed by atoms with Gasteiger partial charge in [0.05, 0.1) is 13.7 Å². The van der Waals surface area contributed by atoms with E-state index in [2.05, 4.69) is 20.6 Å². The summed E-state index contributed by atoms with van der Waals surface area (Å²) in [5.74, 6) is 0.971. The molecule has 2 N–H and O–H groups in total. The third kappa shape index (κ3) is 12.6. The molecular formula is C24H28F3N3O4S. The third-order valence-electron chi connectivity index (χ3n) is 4.09. The first-order valence-corrected chi connectivity index (χ1v) is 10.7. The molecule has 0 radical (unpaired) electrons. The minimum absolute atomic E-state index is 0.188. The minimum atomic E-state index is -4.00. The summed E-state index contributed by atoms with van der Waals surface area (Å²) in [6.45, 7) is 2.75. The first-order valence-electron chi connectivity index (χ1n) is 10.3. The van der Waals surface area contributed by atoms with Crippen molar-refractivity contribution in [2.24, 2.45) is 4.99 Å². The number of methoxy groups -OCH3 is 1. The first kappa shape index (κ1) is 29.6. The molecule has 11 heteroatoms.